The number of aromatic nitrogens is 1. The number of rotatable bonds is 5. The van der Waals surface area contributed by atoms with Gasteiger partial charge in [0.1, 0.15) is 5.69 Å². The predicted molar refractivity (Wildman–Crippen MR) is 103 cm³/mol. The number of ether oxygens (including phenoxy) is 1. The largest absolute Gasteiger partial charge is 0.462 e. The fourth-order valence-corrected chi connectivity index (χ4v) is 2.93. The summed E-state index contributed by atoms with van der Waals surface area (Å²) in [5, 5.41) is 3.20. The van der Waals surface area contributed by atoms with Crippen LogP contribution in [0, 0.1) is 0 Å². The first kappa shape index (κ1) is 18.8. The average Bonchev–Trinajstić information content (AvgIpc) is 2.69. The van der Waals surface area contributed by atoms with Crippen LogP contribution in [0.1, 0.15) is 27.8 Å². The molecule has 2 aromatic rings. The van der Waals surface area contributed by atoms with Crippen molar-refractivity contribution in [2.75, 3.05) is 45.2 Å². The summed E-state index contributed by atoms with van der Waals surface area (Å²) in [5.74, 6) is -0.464. The van der Waals surface area contributed by atoms with Gasteiger partial charge in [-0.2, -0.15) is 0 Å². The van der Waals surface area contributed by atoms with Crippen molar-refractivity contribution in [1.82, 2.24) is 14.8 Å². The molecule has 0 unspecified atom stereocenters. The number of pyridine rings is 1. The molecule has 1 aliphatic heterocycles. The maximum Gasteiger partial charge on any atom is 0.340 e. The average molecular weight is 368 g/mol. The van der Waals surface area contributed by atoms with Gasteiger partial charge < -0.3 is 19.9 Å². The molecule has 7 heteroatoms. The van der Waals surface area contributed by atoms with Gasteiger partial charge in [0.05, 0.1) is 17.9 Å². The van der Waals surface area contributed by atoms with Gasteiger partial charge in [-0.1, -0.05) is 12.1 Å². The van der Waals surface area contributed by atoms with E-state index in [1.165, 1.54) is 0 Å². The van der Waals surface area contributed by atoms with Gasteiger partial charge in [-0.15, -0.1) is 0 Å². The van der Waals surface area contributed by atoms with E-state index in [0.717, 1.165) is 13.1 Å². The van der Waals surface area contributed by atoms with Crippen molar-refractivity contribution in [3.63, 3.8) is 0 Å². The van der Waals surface area contributed by atoms with Crippen LogP contribution in [0.5, 0.6) is 0 Å². The van der Waals surface area contributed by atoms with E-state index in [0.29, 0.717) is 42.3 Å². The van der Waals surface area contributed by atoms with Crippen molar-refractivity contribution in [2.24, 2.45) is 0 Å². The third kappa shape index (κ3) is 4.62. The highest BCUT2D eigenvalue weighted by Crippen LogP contribution is 2.22. The van der Waals surface area contributed by atoms with Crippen molar-refractivity contribution in [2.45, 2.75) is 6.92 Å². The summed E-state index contributed by atoms with van der Waals surface area (Å²) in [5.41, 5.74) is 2.15. The molecule has 1 aliphatic rings. The lowest BCUT2D eigenvalue weighted by Gasteiger charge is -2.32. The number of esters is 1. The number of nitrogens with one attached hydrogen (secondary N) is 1. The minimum atomic E-state index is -0.386. The summed E-state index contributed by atoms with van der Waals surface area (Å²) >= 11 is 0. The van der Waals surface area contributed by atoms with Crippen LogP contribution in [0.15, 0.2) is 42.6 Å². The van der Waals surface area contributed by atoms with Gasteiger partial charge in [-0.25, -0.2) is 4.79 Å². The Balaban J connectivity index is 1.77. The van der Waals surface area contributed by atoms with Gasteiger partial charge in [0.25, 0.3) is 5.91 Å². The molecule has 27 heavy (non-hydrogen) atoms. The Labute approximate surface area is 158 Å². The Kier molecular flexibility index (Phi) is 6.03. The Hall–Kier alpha value is -2.93. The number of hydrogen-bond donors (Lipinski definition) is 1. The normalized spacial score (nSPS) is 14.7. The Morgan fingerprint density at radius 3 is 2.63 bits per heavy atom. The third-order valence-corrected chi connectivity index (χ3v) is 4.47. The van der Waals surface area contributed by atoms with Gasteiger partial charge >= 0.3 is 5.97 Å². The summed E-state index contributed by atoms with van der Waals surface area (Å²) in [4.78, 5) is 33.1. The lowest BCUT2D eigenvalue weighted by molar-refractivity contribution is 0.0527. The lowest BCUT2D eigenvalue weighted by Crippen LogP contribution is -2.47. The van der Waals surface area contributed by atoms with Crippen molar-refractivity contribution >= 4 is 23.3 Å². The number of para-hydroxylation sites is 1. The van der Waals surface area contributed by atoms with E-state index in [1.807, 2.05) is 18.0 Å². The van der Waals surface area contributed by atoms with Crippen molar-refractivity contribution < 1.29 is 14.3 Å². The molecule has 0 atom stereocenters. The topological polar surface area (TPSA) is 74.8 Å². The molecule has 2 heterocycles. The minimum absolute atomic E-state index is 0.0783. The first-order chi connectivity index (χ1) is 13.1. The fourth-order valence-electron chi connectivity index (χ4n) is 2.93. The van der Waals surface area contributed by atoms with Crippen LogP contribution in [0.3, 0.4) is 0 Å². The molecule has 0 aliphatic carbocycles. The highest BCUT2D eigenvalue weighted by molar-refractivity contribution is 5.97. The zero-order valence-corrected chi connectivity index (χ0v) is 15.6. The summed E-state index contributed by atoms with van der Waals surface area (Å²) in [7, 11) is 2.05. The van der Waals surface area contributed by atoms with Crippen LogP contribution >= 0.6 is 0 Å². The predicted octanol–water partition coefficient (Wildman–Crippen LogP) is 2.39. The van der Waals surface area contributed by atoms with Gasteiger partial charge in [0.15, 0.2) is 0 Å². The van der Waals surface area contributed by atoms with Crippen LogP contribution in [-0.4, -0.2) is 66.5 Å². The molecular formula is C20H24N4O3. The number of amides is 1. The third-order valence-electron chi connectivity index (χ3n) is 4.47. The van der Waals surface area contributed by atoms with E-state index < -0.39 is 0 Å². The van der Waals surface area contributed by atoms with Crippen LogP contribution < -0.4 is 5.32 Å². The van der Waals surface area contributed by atoms with E-state index in [-0.39, 0.29) is 11.9 Å². The fraction of sp³-hybridized carbons (Fsp3) is 0.350. The minimum Gasteiger partial charge on any atom is -0.462 e. The molecule has 142 valence electrons. The zero-order chi connectivity index (χ0) is 19.2. The number of hydrogen-bond acceptors (Lipinski definition) is 6. The molecule has 1 saturated heterocycles. The van der Waals surface area contributed by atoms with E-state index in [2.05, 4.69) is 15.2 Å². The highest BCUT2D eigenvalue weighted by atomic mass is 16.5. The molecule has 1 fully saturated rings. The van der Waals surface area contributed by atoms with Crippen molar-refractivity contribution in [1.29, 1.82) is 0 Å². The number of piperazine rings is 1. The molecule has 0 spiro atoms. The van der Waals surface area contributed by atoms with E-state index in [9.17, 15) is 9.59 Å². The maximum absolute atomic E-state index is 12.7. The molecule has 0 bridgehead atoms. The Bertz CT molecular complexity index is 816. The van der Waals surface area contributed by atoms with Gasteiger partial charge in [0.2, 0.25) is 0 Å². The van der Waals surface area contributed by atoms with Crippen LogP contribution in [0.25, 0.3) is 0 Å². The number of anilines is 2. The number of carbonyl (C=O) groups is 2. The second-order valence-corrected chi connectivity index (χ2v) is 6.42. The molecule has 1 aromatic heterocycles. The monoisotopic (exact) mass is 368 g/mol. The molecule has 1 amide bonds. The summed E-state index contributed by atoms with van der Waals surface area (Å²) in [6.45, 7) is 5.19. The second-order valence-electron chi connectivity index (χ2n) is 6.42. The quantitative estimate of drug-likeness (QED) is 0.817. The first-order valence-corrected chi connectivity index (χ1v) is 9.05. The molecule has 1 aromatic carbocycles. The molecular weight excluding hydrogens is 344 g/mol. The highest BCUT2D eigenvalue weighted by Gasteiger charge is 2.21. The smallest absolute Gasteiger partial charge is 0.340 e. The summed E-state index contributed by atoms with van der Waals surface area (Å²) < 4.78 is 5.10. The van der Waals surface area contributed by atoms with E-state index >= 15 is 0 Å². The number of carbonyl (C=O) groups excluding carboxylic acids is 2. The van der Waals surface area contributed by atoms with Crippen LogP contribution in [0.4, 0.5) is 11.4 Å². The molecule has 0 radical (unpaired) electrons. The molecule has 1 N–H and O–H groups in total. The van der Waals surface area contributed by atoms with Crippen molar-refractivity contribution in [3.8, 4) is 0 Å². The van der Waals surface area contributed by atoms with Crippen molar-refractivity contribution in [3.05, 3.63) is 53.9 Å². The SMILES string of the molecule is CCOC(=O)c1ccccc1Nc1ccnc(C(=O)N2CCN(C)CC2)c1. The Morgan fingerprint density at radius 2 is 1.89 bits per heavy atom. The first-order valence-electron chi connectivity index (χ1n) is 9.05. The zero-order valence-electron chi connectivity index (χ0n) is 15.6. The maximum atomic E-state index is 12.7. The van der Waals surface area contributed by atoms with E-state index in [4.69, 9.17) is 4.74 Å². The number of nitrogens with zero attached hydrogens (tertiary/aromatic N) is 3. The lowest BCUT2D eigenvalue weighted by atomic mass is 10.1. The van der Waals surface area contributed by atoms with Crippen LogP contribution in [0.2, 0.25) is 0 Å². The second kappa shape index (κ2) is 8.64. The molecule has 3 rings (SSSR count). The number of benzene rings is 1. The Morgan fingerprint density at radius 1 is 1.15 bits per heavy atom. The van der Waals surface area contributed by atoms with E-state index in [1.54, 1.807) is 43.5 Å². The van der Waals surface area contributed by atoms with Gasteiger partial charge in [0, 0.05) is 38.1 Å². The summed E-state index contributed by atoms with van der Waals surface area (Å²) in [6.07, 6.45) is 1.60. The van der Waals surface area contributed by atoms with Gasteiger partial charge in [-0.05, 0) is 38.2 Å². The van der Waals surface area contributed by atoms with Gasteiger partial charge in [-0.3, -0.25) is 9.78 Å². The summed E-state index contributed by atoms with van der Waals surface area (Å²) in [6, 6.07) is 10.6. The van der Waals surface area contributed by atoms with Crippen LogP contribution in [-0.2, 0) is 4.74 Å². The number of likely N-dealkylation sites (N-methyl/N-ethyl adjacent to an activating group) is 1. The molecule has 0 saturated carbocycles. The standard InChI is InChI=1S/C20H24N4O3/c1-3-27-20(26)16-6-4-5-7-17(16)22-15-8-9-21-18(14-15)19(25)24-12-10-23(2)11-13-24/h4-9,14H,3,10-13H2,1-2H3,(H,21,22). The molecule has 7 nitrogen and oxygen atoms in total.